The third-order valence-corrected chi connectivity index (χ3v) is 2.48. The van der Waals surface area contributed by atoms with Gasteiger partial charge in [0.25, 0.3) is 0 Å². The number of hydrogen-bond acceptors (Lipinski definition) is 3. The lowest BCUT2D eigenvalue weighted by molar-refractivity contribution is -0.168. The van der Waals surface area contributed by atoms with Gasteiger partial charge >= 0.3 is 0 Å². The molecule has 1 fully saturated rings. The molecule has 82 valence electrons. The van der Waals surface area contributed by atoms with Crippen molar-refractivity contribution in [1.29, 1.82) is 0 Å². The molecule has 2 atom stereocenters. The minimum absolute atomic E-state index is 0.00225. The molecule has 0 radical (unpaired) electrons. The number of carbonyl (C=O) groups excluding carboxylic acids is 1. The average Bonchev–Trinajstić information content (AvgIpc) is 2.25. The molecule has 14 heavy (non-hydrogen) atoms. The average molecular weight is 200 g/mol. The second-order valence-electron chi connectivity index (χ2n) is 3.98. The number of aldehydes is 1. The highest BCUT2D eigenvalue weighted by Crippen LogP contribution is 2.15. The van der Waals surface area contributed by atoms with Gasteiger partial charge < -0.3 is 14.3 Å². The van der Waals surface area contributed by atoms with E-state index in [1.807, 2.05) is 0 Å². The Balaban J connectivity index is 2.03. The second kappa shape index (κ2) is 6.96. The van der Waals surface area contributed by atoms with Crippen LogP contribution >= 0.6 is 0 Å². The number of hydrogen-bond donors (Lipinski definition) is 0. The first kappa shape index (κ1) is 11.7. The van der Waals surface area contributed by atoms with Gasteiger partial charge in [0.2, 0.25) is 0 Å². The molecule has 0 aromatic heterocycles. The van der Waals surface area contributed by atoms with Gasteiger partial charge in [-0.15, -0.1) is 0 Å². The van der Waals surface area contributed by atoms with Crippen molar-refractivity contribution >= 4 is 6.29 Å². The Kier molecular flexibility index (Phi) is 5.80. The fraction of sp³-hybridized carbons (Fsp3) is 0.909. The van der Waals surface area contributed by atoms with Crippen LogP contribution in [-0.4, -0.2) is 25.8 Å². The van der Waals surface area contributed by atoms with Crippen molar-refractivity contribution in [2.45, 2.75) is 45.3 Å². The van der Waals surface area contributed by atoms with Gasteiger partial charge in [-0.05, 0) is 31.6 Å². The van der Waals surface area contributed by atoms with E-state index >= 15 is 0 Å². The van der Waals surface area contributed by atoms with Crippen LogP contribution in [-0.2, 0) is 14.3 Å². The van der Waals surface area contributed by atoms with Gasteiger partial charge in [-0.3, -0.25) is 0 Å². The Bertz CT molecular complexity index is 153. The third kappa shape index (κ3) is 4.72. The highest BCUT2D eigenvalue weighted by atomic mass is 16.7. The molecule has 0 spiro atoms. The van der Waals surface area contributed by atoms with E-state index in [9.17, 15) is 4.79 Å². The molecule has 0 bridgehead atoms. The normalized spacial score (nSPS) is 24.5. The first-order valence-electron chi connectivity index (χ1n) is 5.49. The van der Waals surface area contributed by atoms with Crippen molar-refractivity contribution in [2.24, 2.45) is 5.92 Å². The van der Waals surface area contributed by atoms with Crippen LogP contribution in [0.15, 0.2) is 0 Å². The molecular formula is C11H20O3. The third-order valence-electron chi connectivity index (χ3n) is 2.48. The monoisotopic (exact) mass is 200 g/mol. The van der Waals surface area contributed by atoms with E-state index in [4.69, 9.17) is 9.47 Å². The molecule has 0 aromatic carbocycles. The smallest absolute Gasteiger partial charge is 0.157 e. The Labute approximate surface area is 85.8 Å². The highest BCUT2D eigenvalue weighted by Gasteiger charge is 2.14. The van der Waals surface area contributed by atoms with Gasteiger partial charge in [-0.1, -0.05) is 6.92 Å². The molecule has 1 unspecified atom stereocenters. The van der Waals surface area contributed by atoms with Gasteiger partial charge in [0.1, 0.15) is 6.29 Å². The van der Waals surface area contributed by atoms with Crippen molar-refractivity contribution in [3.8, 4) is 0 Å². The number of ether oxygens (including phenoxy) is 2. The summed E-state index contributed by atoms with van der Waals surface area (Å²) in [5, 5.41) is 0. The van der Waals surface area contributed by atoms with E-state index < -0.39 is 0 Å². The van der Waals surface area contributed by atoms with Crippen LogP contribution < -0.4 is 0 Å². The molecule has 0 saturated carbocycles. The summed E-state index contributed by atoms with van der Waals surface area (Å²) < 4.78 is 11.0. The standard InChI is InChI=1S/C11H20O3/c1-10(5-4-7-12)9-14-11-6-2-3-8-13-11/h7,10-11H,2-6,8-9H2,1H3/t10-,11?/m0/s1. The van der Waals surface area contributed by atoms with E-state index in [0.29, 0.717) is 18.9 Å². The maximum Gasteiger partial charge on any atom is 0.157 e. The molecule has 1 saturated heterocycles. The van der Waals surface area contributed by atoms with Crippen LogP contribution in [0, 0.1) is 5.92 Å². The summed E-state index contributed by atoms with van der Waals surface area (Å²) in [6.07, 6.45) is 5.89. The summed E-state index contributed by atoms with van der Waals surface area (Å²) in [7, 11) is 0. The Morgan fingerprint density at radius 1 is 1.57 bits per heavy atom. The summed E-state index contributed by atoms with van der Waals surface area (Å²) in [4.78, 5) is 10.1. The maximum atomic E-state index is 10.1. The molecule has 0 aromatic rings. The molecule has 3 heteroatoms. The molecule has 3 nitrogen and oxygen atoms in total. The first-order chi connectivity index (χ1) is 6.83. The van der Waals surface area contributed by atoms with Gasteiger partial charge in [0.05, 0.1) is 6.61 Å². The summed E-state index contributed by atoms with van der Waals surface area (Å²) in [5.74, 6) is 0.450. The van der Waals surface area contributed by atoms with Crippen molar-refractivity contribution < 1.29 is 14.3 Å². The summed E-state index contributed by atoms with van der Waals surface area (Å²) in [5.41, 5.74) is 0. The lowest BCUT2D eigenvalue weighted by Crippen LogP contribution is -2.24. The molecule has 1 aliphatic heterocycles. The Hall–Kier alpha value is -0.410. The molecular weight excluding hydrogens is 180 g/mol. The van der Waals surface area contributed by atoms with Gasteiger partial charge in [0.15, 0.2) is 6.29 Å². The van der Waals surface area contributed by atoms with Crippen molar-refractivity contribution in [1.82, 2.24) is 0 Å². The lowest BCUT2D eigenvalue weighted by atomic mass is 10.1. The second-order valence-corrected chi connectivity index (χ2v) is 3.98. The predicted octanol–water partition coefficient (Wildman–Crippen LogP) is 2.14. The van der Waals surface area contributed by atoms with Crippen LogP contribution in [0.3, 0.4) is 0 Å². The molecule has 0 N–H and O–H groups in total. The van der Waals surface area contributed by atoms with E-state index in [-0.39, 0.29) is 6.29 Å². The Morgan fingerprint density at radius 2 is 2.43 bits per heavy atom. The zero-order chi connectivity index (χ0) is 10.2. The number of carbonyl (C=O) groups is 1. The topological polar surface area (TPSA) is 35.5 Å². The van der Waals surface area contributed by atoms with Crippen molar-refractivity contribution in [3.63, 3.8) is 0 Å². The zero-order valence-corrected chi connectivity index (χ0v) is 8.91. The van der Waals surface area contributed by atoms with Crippen LogP contribution in [0.4, 0.5) is 0 Å². The quantitative estimate of drug-likeness (QED) is 0.616. The fourth-order valence-corrected chi connectivity index (χ4v) is 1.55. The minimum atomic E-state index is 0.00225. The number of rotatable bonds is 6. The zero-order valence-electron chi connectivity index (χ0n) is 8.91. The van der Waals surface area contributed by atoms with E-state index in [1.165, 1.54) is 6.42 Å². The summed E-state index contributed by atoms with van der Waals surface area (Å²) in [6.45, 7) is 3.64. The predicted molar refractivity (Wildman–Crippen MR) is 54.0 cm³/mol. The molecule has 1 rings (SSSR count). The SMILES string of the molecule is C[C@@H](CCC=O)COC1CCCCO1. The fourth-order valence-electron chi connectivity index (χ4n) is 1.55. The Morgan fingerprint density at radius 3 is 3.07 bits per heavy atom. The van der Waals surface area contributed by atoms with Gasteiger partial charge in [-0.2, -0.15) is 0 Å². The van der Waals surface area contributed by atoms with Gasteiger partial charge in [-0.25, -0.2) is 0 Å². The van der Waals surface area contributed by atoms with Gasteiger partial charge in [0, 0.05) is 13.0 Å². The van der Waals surface area contributed by atoms with Crippen LogP contribution in [0.1, 0.15) is 39.0 Å². The minimum Gasteiger partial charge on any atom is -0.353 e. The first-order valence-corrected chi connectivity index (χ1v) is 5.49. The largest absolute Gasteiger partial charge is 0.353 e. The summed E-state index contributed by atoms with van der Waals surface area (Å²) >= 11 is 0. The van der Waals surface area contributed by atoms with E-state index in [2.05, 4.69) is 6.92 Å². The van der Waals surface area contributed by atoms with Crippen molar-refractivity contribution in [3.05, 3.63) is 0 Å². The lowest BCUT2D eigenvalue weighted by Gasteiger charge is -2.24. The molecule has 1 aliphatic rings. The molecule has 0 aliphatic carbocycles. The maximum absolute atomic E-state index is 10.1. The molecule has 1 heterocycles. The summed E-state index contributed by atoms with van der Waals surface area (Å²) in [6, 6.07) is 0. The van der Waals surface area contributed by atoms with E-state index in [1.54, 1.807) is 0 Å². The van der Waals surface area contributed by atoms with Crippen molar-refractivity contribution in [2.75, 3.05) is 13.2 Å². The molecule has 0 amide bonds. The van der Waals surface area contributed by atoms with Crippen LogP contribution in [0.5, 0.6) is 0 Å². The highest BCUT2D eigenvalue weighted by molar-refractivity contribution is 5.49. The van der Waals surface area contributed by atoms with Crippen LogP contribution in [0.25, 0.3) is 0 Å². The van der Waals surface area contributed by atoms with Crippen LogP contribution in [0.2, 0.25) is 0 Å². The van der Waals surface area contributed by atoms with E-state index in [0.717, 1.165) is 32.2 Å².